The molecule has 0 aliphatic carbocycles. The van der Waals surface area contributed by atoms with Gasteiger partial charge in [-0.2, -0.15) is 87.8 Å². The lowest BCUT2D eigenvalue weighted by atomic mass is 10.0. The maximum absolute atomic E-state index is 14.3. The van der Waals surface area contributed by atoms with Crippen molar-refractivity contribution in [3.8, 4) is 5.75 Å². The molecule has 1 atom stereocenters. The van der Waals surface area contributed by atoms with Crippen LogP contribution in [0.1, 0.15) is 240 Å². The summed E-state index contributed by atoms with van der Waals surface area (Å²) in [6.45, 7) is 4.37. The first-order valence-electron chi connectivity index (χ1n) is 29.2. The zero-order valence-electron chi connectivity index (χ0n) is 48.9. The Labute approximate surface area is 483 Å². The first-order chi connectivity index (χ1) is 38.6. The summed E-state index contributed by atoms with van der Waals surface area (Å²) >= 11 is -9.94. The van der Waals surface area contributed by atoms with Crippen LogP contribution in [0.5, 0.6) is 5.75 Å². The molecule has 0 bridgehead atoms. The molecule has 1 unspecified atom stereocenters. The van der Waals surface area contributed by atoms with Crippen LogP contribution in [0.25, 0.3) is 0 Å². The summed E-state index contributed by atoms with van der Waals surface area (Å²) in [6.07, 6.45) is 0.715. The van der Waals surface area contributed by atoms with Crippen LogP contribution in [0.4, 0.5) is 101 Å². The van der Waals surface area contributed by atoms with E-state index in [2.05, 4.69) is 36.0 Å². The zero-order valence-corrected chi connectivity index (χ0v) is 50.1. The summed E-state index contributed by atoms with van der Waals surface area (Å²) in [6, 6.07) is 0. The minimum atomic E-state index is -9.94. The van der Waals surface area contributed by atoms with Gasteiger partial charge in [0.15, 0.2) is 0 Å². The normalized spacial score (nSPS) is 14.3. The van der Waals surface area contributed by atoms with Crippen molar-refractivity contribution in [1.82, 2.24) is 0 Å². The van der Waals surface area contributed by atoms with Crippen LogP contribution in [0.3, 0.4) is 0 Å². The quantitative estimate of drug-likeness (QED) is 0.0233. The van der Waals surface area contributed by atoms with Gasteiger partial charge in [-0.25, -0.2) is 13.2 Å². The molecule has 0 aliphatic heterocycles. The van der Waals surface area contributed by atoms with Gasteiger partial charge in [-0.3, -0.25) is 0 Å². The van der Waals surface area contributed by atoms with Gasteiger partial charge in [-0.1, -0.05) is 194 Å². The fourth-order valence-electron chi connectivity index (χ4n) is 8.96. The Morgan fingerprint density at radius 1 is 0.310 bits per heavy atom. The van der Waals surface area contributed by atoms with E-state index in [0.29, 0.717) is 0 Å². The largest absolute Gasteiger partial charge is 0.961 e. The van der Waals surface area contributed by atoms with E-state index in [9.17, 15) is 101 Å². The fraction of sp³-hybridized carbons (Fsp3) is 0.891. The van der Waals surface area contributed by atoms with Gasteiger partial charge < -0.3 is 20.1 Å². The molecule has 29 heteroatoms. The Morgan fingerprint density at radius 2 is 0.548 bits per heavy atom. The number of halogens is 23. The monoisotopic (exact) mass is 1290 g/mol. The SMILES string of the molecule is CC(C)([O][Al-]([O]c1c(F)c(F)c(F)c(F)c1F)([O]C(C)(C(F)(F)F)C(F)(F)F)[O]C(C(F)(F)F)(C(F)(F)F)C(F)(F)F)C(F)(F)F.CCCCCCCCCCCCCCCCCC[NH+](C)CCCCCCCCCCCCCCCCCC. The lowest BCUT2D eigenvalue weighted by Crippen LogP contribution is -3.09. The molecule has 0 aromatic heterocycles. The zero-order chi connectivity index (χ0) is 64.9. The Bertz CT molecular complexity index is 1810. The predicted octanol–water partition coefficient (Wildman–Crippen LogP) is 20.9. The molecule has 500 valence electrons. The van der Waals surface area contributed by atoms with Crippen molar-refractivity contribution in [2.24, 2.45) is 0 Å². The Balaban J connectivity index is 0.00000167. The number of quaternary nitrogens is 1. The molecule has 84 heavy (non-hydrogen) atoms. The first kappa shape index (κ1) is 81.8. The third-order valence-electron chi connectivity index (χ3n) is 14.4. The van der Waals surface area contributed by atoms with E-state index in [4.69, 9.17) is 0 Å². The van der Waals surface area contributed by atoms with Gasteiger partial charge in [0.1, 0.15) is 11.4 Å². The molecule has 0 saturated carbocycles. The molecule has 0 heterocycles. The molecule has 0 aliphatic rings. The number of hydrogen-bond donors (Lipinski definition) is 1. The topological polar surface area (TPSA) is 41.4 Å². The van der Waals surface area contributed by atoms with Crippen molar-refractivity contribution >= 4 is 14.4 Å². The summed E-state index contributed by atoms with van der Waals surface area (Å²) in [5.41, 5.74) is -20.0. The highest BCUT2D eigenvalue weighted by Gasteiger charge is 2.88. The highest BCUT2D eigenvalue weighted by Crippen LogP contribution is 2.58. The van der Waals surface area contributed by atoms with Crippen LogP contribution in [-0.2, 0) is 11.4 Å². The number of alkyl halides is 18. The van der Waals surface area contributed by atoms with E-state index in [-0.39, 0.29) is 0 Å². The summed E-state index contributed by atoms with van der Waals surface area (Å²) in [5.74, 6) is -21.7. The lowest BCUT2D eigenvalue weighted by Gasteiger charge is -2.53. The highest BCUT2D eigenvalue weighted by atomic mass is 27.3. The van der Waals surface area contributed by atoms with E-state index >= 15 is 0 Å². The molecule has 1 aromatic carbocycles. The van der Waals surface area contributed by atoms with E-state index in [1.165, 1.54) is 219 Å². The Kier molecular flexibility index (Phi) is 36.7. The lowest BCUT2D eigenvalue weighted by molar-refractivity contribution is -0.880. The van der Waals surface area contributed by atoms with Gasteiger partial charge in [0, 0.05) is 0 Å². The number of benzene rings is 1. The van der Waals surface area contributed by atoms with Crippen LogP contribution in [0.15, 0.2) is 0 Å². The molecule has 0 fully saturated rings. The highest BCUT2D eigenvalue weighted by molar-refractivity contribution is 6.55. The standard InChI is InChI=1S/C37H77N.C6HF5O.C4F9O.C4H3F6O.C4H6F3O.Al/c1-4-6-8-10-12-14-16-18-20-22-24-26-28-30-32-34-36-38(3)37-35-33-31-29-27-25-23-21-19-17-15-13-11-9-7-5-2;7-1-2(8)4(10)6(12)5(11)3(1)9;5-2(6,7)1(14,3(8,9)10)4(11,12)13;1-2(11,3(5,6)7)4(8,9)10;1-3(2,8)4(5,6)7;/h4-37H2,1-3H3;12H;;1H3;1-2H3;/q;;3*-1;+3. The van der Waals surface area contributed by atoms with Crippen molar-refractivity contribution in [3.05, 3.63) is 29.1 Å². The van der Waals surface area contributed by atoms with Crippen molar-refractivity contribution < 1.29 is 121 Å². The third kappa shape index (κ3) is 27.3. The number of nitrogens with one attached hydrogen (secondary N) is 1. The maximum atomic E-state index is 14.3. The molecule has 1 rings (SSSR count). The van der Waals surface area contributed by atoms with E-state index in [0.717, 1.165) is 0 Å². The van der Waals surface area contributed by atoms with Crippen LogP contribution in [-0.4, -0.2) is 88.4 Å². The fourth-order valence-corrected chi connectivity index (χ4v) is 12.3. The average Bonchev–Trinajstić information content (AvgIpc) is 0.913. The predicted molar refractivity (Wildman–Crippen MR) is 273 cm³/mol. The van der Waals surface area contributed by atoms with E-state index in [1.807, 2.05) is 0 Å². The van der Waals surface area contributed by atoms with Crippen LogP contribution in [0.2, 0.25) is 0 Å². The number of unbranched alkanes of at least 4 members (excludes halogenated alkanes) is 30. The third-order valence-corrected chi connectivity index (χ3v) is 17.3. The molecule has 0 saturated heterocycles. The second kappa shape index (κ2) is 37.7. The summed E-state index contributed by atoms with van der Waals surface area (Å²) in [5, 5.41) is 0. The van der Waals surface area contributed by atoms with Crippen LogP contribution < -0.4 is 8.69 Å². The molecule has 5 nitrogen and oxygen atoms in total. The van der Waals surface area contributed by atoms with Crippen molar-refractivity contribution in [1.29, 1.82) is 0 Å². The summed E-state index contributed by atoms with van der Waals surface area (Å²) in [7, 11) is 2.43. The van der Waals surface area contributed by atoms with Gasteiger partial charge in [-0.15, -0.1) is 0 Å². The van der Waals surface area contributed by atoms with Crippen molar-refractivity contribution in [2.45, 2.75) is 294 Å². The second-order valence-electron chi connectivity index (χ2n) is 22.2. The van der Waals surface area contributed by atoms with Gasteiger partial charge >= 0.3 is 57.1 Å². The summed E-state index contributed by atoms with van der Waals surface area (Å²) in [4.78, 5) is 1.78. The van der Waals surface area contributed by atoms with Crippen molar-refractivity contribution in [3.63, 3.8) is 0 Å². The summed E-state index contributed by atoms with van der Waals surface area (Å²) < 4.78 is 327. The van der Waals surface area contributed by atoms with Gasteiger partial charge in [0.05, 0.1) is 20.1 Å². The second-order valence-corrected chi connectivity index (χ2v) is 24.3. The molecule has 1 N–H and O–H groups in total. The molecule has 0 amide bonds. The smallest absolute Gasteiger partial charge is 0.727 e. The average molecular weight is 1290 g/mol. The van der Waals surface area contributed by atoms with Crippen LogP contribution in [0, 0.1) is 29.1 Å². The minimum Gasteiger partial charge on any atom is -0.727 e. The number of hydrogen-bond acceptors (Lipinski definition) is 4. The first-order valence-corrected chi connectivity index (χ1v) is 31.1. The van der Waals surface area contributed by atoms with Crippen LogP contribution >= 0.6 is 0 Å². The molecular weight excluding hydrogens is 1200 g/mol. The minimum absolute atomic E-state index is 0.759. The maximum Gasteiger partial charge on any atom is 0.961 e. The van der Waals surface area contributed by atoms with Gasteiger partial charge in [-0.05, 0) is 46.5 Å². The van der Waals surface area contributed by atoms with E-state index in [1.54, 1.807) is 4.90 Å². The van der Waals surface area contributed by atoms with E-state index < -0.39 is 124 Å². The molecular formula is C55H87AlF23NO4. The Morgan fingerprint density at radius 3 is 0.774 bits per heavy atom. The molecule has 1 aromatic rings. The molecule has 0 radical (unpaired) electrons. The van der Waals surface area contributed by atoms with Gasteiger partial charge in [0.2, 0.25) is 34.7 Å². The number of rotatable bonds is 42. The Hall–Kier alpha value is -2.22. The van der Waals surface area contributed by atoms with Gasteiger partial charge in [0.25, 0.3) is 0 Å². The molecule has 0 spiro atoms. The van der Waals surface area contributed by atoms with Crippen molar-refractivity contribution in [2.75, 3.05) is 20.1 Å².